The van der Waals surface area contributed by atoms with Crippen LogP contribution in [0.5, 0.6) is 0 Å². The highest BCUT2D eigenvalue weighted by Gasteiger charge is 2.50. The number of para-hydroxylation sites is 1. The molecule has 4 heteroatoms. The lowest BCUT2D eigenvalue weighted by atomic mass is 9.83. The van der Waals surface area contributed by atoms with Gasteiger partial charge in [-0.2, -0.15) is 0 Å². The number of fused-ring (bicyclic) bond motifs is 1. The molecule has 0 unspecified atom stereocenters. The molecule has 2 aromatic carbocycles. The van der Waals surface area contributed by atoms with Crippen molar-refractivity contribution in [3.63, 3.8) is 0 Å². The van der Waals surface area contributed by atoms with Crippen molar-refractivity contribution in [1.82, 2.24) is 0 Å². The number of ether oxygens (including phenoxy) is 1. The van der Waals surface area contributed by atoms with Gasteiger partial charge in [0.25, 0.3) is 0 Å². The van der Waals surface area contributed by atoms with Gasteiger partial charge in [-0.15, -0.1) is 0 Å². The summed E-state index contributed by atoms with van der Waals surface area (Å²) < 4.78 is 4.79. The Morgan fingerprint density at radius 3 is 2.58 bits per heavy atom. The predicted octanol–water partition coefficient (Wildman–Crippen LogP) is 3.00. The molecule has 1 atom stereocenters. The molecule has 4 rings (SSSR count). The lowest BCUT2D eigenvalue weighted by molar-refractivity contribution is -0.125. The van der Waals surface area contributed by atoms with E-state index in [1.54, 1.807) is 6.07 Å². The molecule has 1 aliphatic carbocycles. The molecule has 1 amide bonds. The van der Waals surface area contributed by atoms with Gasteiger partial charge in [-0.05, 0) is 54.7 Å². The zero-order chi connectivity index (χ0) is 16.7. The van der Waals surface area contributed by atoms with Gasteiger partial charge in [0.2, 0.25) is 5.91 Å². The second-order valence-corrected chi connectivity index (χ2v) is 6.65. The Kier molecular flexibility index (Phi) is 3.41. The fourth-order valence-corrected chi connectivity index (χ4v) is 4.00. The van der Waals surface area contributed by atoms with Crippen LogP contribution in [0, 0.1) is 5.41 Å². The Hall–Kier alpha value is -2.62. The van der Waals surface area contributed by atoms with Crippen molar-refractivity contribution in [3.8, 4) is 0 Å². The van der Waals surface area contributed by atoms with Gasteiger partial charge in [-0.3, -0.25) is 4.79 Å². The van der Waals surface area contributed by atoms with E-state index in [0.717, 1.165) is 30.6 Å². The van der Waals surface area contributed by atoms with Crippen LogP contribution in [0.3, 0.4) is 0 Å². The van der Waals surface area contributed by atoms with Gasteiger partial charge in [0, 0.05) is 12.2 Å². The summed E-state index contributed by atoms with van der Waals surface area (Å²) in [4.78, 5) is 26.7. The number of carbonyl (C=O) groups excluding carboxylic acids is 2. The van der Waals surface area contributed by atoms with Crippen molar-refractivity contribution in [1.29, 1.82) is 0 Å². The molecule has 0 bridgehead atoms. The summed E-state index contributed by atoms with van der Waals surface area (Å²) in [5, 5.41) is 0. The molecule has 0 N–H and O–H groups in total. The van der Waals surface area contributed by atoms with Gasteiger partial charge in [0.15, 0.2) is 0 Å². The van der Waals surface area contributed by atoms with Crippen LogP contribution in [-0.4, -0.2) is 25.5 Å². The van der Waals surface area contributed by atoms with E-state index >= 15 is 0 Å². The molecule has 24 heavy (non-hydrogen) atoms. The first kappa shape index (κ1) is 14.9. The number of esters is 1. The first-order chi connectivity index (χ1) is 11.6. The van der Waals surface area contributed by atoms with E-state index in [2.05, 4.69) is 0 Å². The van der Waals surface area contributed by atoms with Crippen LogP contribution in [-0.2, 0) is 22.4 Å². The number of amides is 1. The number of methoxy groups -OCH3 is 1. The SMILES string of the molecule is COC(=O)c1ccc2c(c1)C[C@]1(CCN(c3ccccc3)C1=O)C2. The maximum Gasteiger partial charge on any atom is 0.337 e. The fourth-order valence-electron chi connectivity index (χ4n) is 4.00. The molecular formula is C20H19NO3. The second-order valence-electron chi connectivity index (χ2n) is 6.65. The molecular weight excluding hydrogens is 302 g/mol. The average Bonchev–Trinajstić information content (AvgIpc) is 3.15. The summed E-state index contributed by atoms with van der Waals surface area (Å²) >= 11 is 0. The van der Waals surface area contributed by atoms with Gasteiger partial charge in [-0.1, -0.05) is 24.3 Å². The van der Waals surface area contributed by atoms with Gasteiger partial charge in [0.1, 0.15) is 0 Å². The molecule has 0 aromatic heterocycles. The minimum Gasteiger partial charge on any atom is -0.465 e. The Morgan fingerprint density at radius 1 is 1.08 bits per heavy atom. The van der Waals surface area contributed by atoms with E-state index in [1.165, 1.54) is 12.7 Å². The lowest BCUT2D eigenvalue weighted by Gasteiger charge is -2.22. The molecule has 1 aliphatic heterocycles. The smallest absolute Gasteiger partial charge is 0.337 e. The zero-order valence-corrected chi connectivity index (χ0v) is 13.6. The molecule has 1 heterocycles. The summed E-state index contributed by atoms with van der Waals surface area (Å²) in [7, 11) is 1.38. The molecule has 2 aliphatic rings. The molecule has 1 spiro atoms. The summed E-state index contributed by atoms with van der Waals surface area (Å²) in [6.45, 7) is 0.751. The quantitative estimate of drug-likeness (QED) is 0.799. The maximum atomic E-state index is 13.1. The van der Waals surface area contributed by atoms with E-state index in [4.69, 9.17) is 4.74 Å². The summed E-state index contributed by atoms with van der Waals surface area (Å²) in [5.74, 6) is -0.132. The van der Waals surface area contributed by atoms with Crippen LogP contribution in [0.2, 0.25) is 0 Å². The predicted molar refractivity (Wildman–Crippen MR) is 91.0 cm³/mol. The van der Waals surface area contributed by atoms with Crippen LogP contribution in [0.4, 0.5) is 5.69 Å². The third-order valence-corrected chi connectivity index (χ3v) is 5.27. The van der Waals surface area contributed by atoms with Crippen molar-refractivity contribution in [2.45, 2.75) is 19.3 Å². The summed E-state index contributed by atoms with van der Waals surface area (Å²) in [6, 6.07) is 15.5. The average molecular weight is 321 g/mol. The monoisotopic (exact) mass is 321 g/mol. The van der Waals surface area contributed by atoms with E-state index < -0.39 is 0 Å². The van der Waals surface area contributed by atoms with Crippen LogP contribution in [0.15, 0.2) is 48.5 Å². The fraction of sp³-hybridized carbons (Fsp3) is 0.300. The number of nitrogens with zero attached hydrogens (tertiary/aromatic N) is 1. The topological polar surface area (TPSA) is 46.6 Å². The van der Waals surface area contributed by atoms with E-state index in [9.17, 15) is 9.59 Å². The first-order valence-electron chi connectivity index (χ1n) is 8.20. The highest BCUT2D eigenvalue weighted by atomic mass is 16.5. The summed E-state index contributed by atoms with van der Waals surface area (Å²) in [5.41, 5.74) is 3.43. The molecule has 2 aromatic rings. The molecule has 122 valence electrons. The van der Waals surface area contributed by atoms with Crippen molar-refractivity contribution in [3.05, 3.63) is 65.2 Å². The summed E-state index contributed by atoms with van der Waals surface area (Å²) in [6.07, 6.45) is 2.31. The first-order valence-corrected chi connectivity index (χ1v) is 8.20. The number of hydrogen-bond donors (Lipinski definition) is 0. The van der Waals surface area contributed by atoms with Gasteiger partial charge in [0.05, 0.1) is 18.1 Å². The van der Waals surface area contributed by atoms with Crippen LogP contribution < -0.4 is 4.90 Å². The van der Waals surface area contributed by atoms with Crippen LogP contribution >= 0.6 is 0 Å². The van der Waals surface area contributed by atoms with Crippen molar-refractivity contribution < 1.29 is 14.3 Å². The zero-order valence-electron chi connectivity index (χ0n) is 13.6. The highest BCUT2D eigenvalue weighted by Crippen LogP contribution is 2.46. The van der Waals surface area contributed by atoms with Crippen LogP contribution in [0.1, 0.15) is 27.9 Å². The number of benzene rings is 2. The van der Waals surface area contributed by atoms with Crippen molar-refractivity contribution >= 4 is 17.6 Å². The Labute approximate surface area is 141 Å². The molecule has 0 radical (unpaired) electrons. The second kappa shape index (κ2) is 5.48. The van der Waals surface area contributed by atoms with Crippen molar-refractivity contribution in [2.24, 2.45) is 5.41 Å². The minimum atomic E-state index is -0.354. The maximum absolute atomic E-state index is 13.1. The van der Waals surface area contributed by atoms with Gasteiger partial charge < -0.3 is 9.64 Å². The normalized spacial score (nSPS) is 22.0. The molecule has 1 fully saturated rings. The van der Waals surface area contributed by atoms with Gasteiger partial charge in [-0.25, -0.2) is 4.79 Å². The molecule has 1 saturated heterocycles. The van der Waals surface area contributed by atoms with Crippen LogP contribution in [0.25, 0.3) is 0 Å². The Bertz CT molecular complexity index is 815. The van der Waals surface area contributed by atoms with Gasteiger partial charge >= 0.3 is 5.97 Å². The van der Waals surface area contributed by atoms with Crippen molar-refractivity contribution in [2.75, 3.05) is 18.6 Å². The molecule has 4 nitrogen and oxygen atoms in total. The molecule has 0 saturated carbocycles. The third-order valence-electron chi connectivity index (χ3n) is 5.27. The number of anilines is 1. The number of rotatable bonds is 2. The highest BCUT2D eigenvalue weighted by molar-refractivity contribution is 6.01. The van der Waals surface area contributed by atoms with E-state index in [1.807, 2.05) is 47.4 Å². The Balaban J connectivity index is 1.62. The third kappa shape index (κ3) is 2.21. The minimum absolute atomic E-state index is 0.199. The van der Waals surface area contributed by atoms with E-state index in [-0.39, 0.29) is 17.3 Å². The van der Waals surface area contributed by atoms with E-state index in [0.29, 0.717) is 12.0 Å². The number of hydrogen-bond acceptors (Lipinski definition) is 3. The standard InChI is InChI=1S/C20H19NO3/c1-24-18(22)14-7-8-15-12-20(13-16(15)11-14)9-10-21(19(20)23)17-5-3-2-4-6-17/h2-8,11H,9-10,12-13H2,1H3/t20-/m0/s1. The largest absolute Gasteiger partial charge is 0.465 e. The lowest BCUT2D eigenvalue weighted by Crippen LogP contribution is -2.35. The Morgan fingerprint density at radius 2 is 1.83 bits per heavy atom. The number of carbonyl (C=O) groups is 2.